The van der Waals surface area contributed by atoms with Gasteiger partial charge in [0.05, 0.1) is 17.8 Å². The van der Waals surface area contributed by atoms with Crippen LogP contribution in [-0.2, 0) is 16.0 Å². The third-order valence-corrected chi connectivity index (χ3v) is 3.85. The van der Waals surface area contributed by atoms with Gasteiger partial charge < -0.3 is 10.2 Å². The van der Waals surface area contributed by atoms with Crippen molar-refractivity contribution in [3.8, 4) is 0 Å². The number of anilines is 2. The first-order valence-electron chi connectivity index (χ1n) is 7.07. The molecule has 0 fully saturated rings. The smallest absolute Gasteiger partial charge is 0.231 e. The lowest BCUT2D eigenvalue weighted by molar-refractivity contribution is -0.118. The molecule has 0 atom stereocenters. The van der Waals surface area contributed by atoms with E-state index in [9.17, 15) is 9.59 Å². The molecule has 1 N–H and O–H groups in total. The van der Waals surface area contributed by atoms with Crippen molar-refractivity contribution in [3.05, 3.63) is 59.1 Å². The van der Waals surface area contributed by atoms with Gasteiger partial charge in [-0.15, -0.1) is 0 Å². The maximum absolute atomic E-state index is 12.6. The first-order valence-corrected chi connectivity index (χ1v) is 7.45. The Kier molecular flexibility index (Phi) is 4.11. The van der Waals surface area contributed by atoms with Crippen LogP contribution in [0, 0.1) is 0 Å². The number of rotatable bonds is 2. The fraction of sp³-hybridized carbons (Fsp3) is 0.176. The molecule has 0 bridgehead atoms. The highest BCUT2D eigenvalue weighted by Gasteiger charge is 2.23. The van der Waals surface area contributed by atoms with Crippen molar-refractivity contribution in [1.29, 1.82) is 0 Å². The molecule has 22 heavy (non-hydrogen) atoms. The molecule has 4 nitrogen and oxygen atoms in total. The van der Waals surface area contributed by atoms with Gasteiger partial charge in [0.2, 0.25) is 11.8 Å². The number of hydrogen-bond donors (Lipinski definition) is 1. The Balaban J connectivity index is 1.85. The van der Waals surface area contributed by atoms with Crippen LogP contribution in [0.5, 0.6) is 0 Å². The summed E-state index contributed by atoms with van der Waals surface area (Å²) in [6.07, 6.45) is 0.570. The van der Waals surface area contributed by atoms with Crippen molar-refractivity contribution in [1.82, 2.24) is 0 Å². The monoisotopic (exact) mass is 314 g/mol. The molecule has 0 aliphatic carbocycles. The number of carbonyl (C=O) groups is 2. The molecular formula is C17H15ClN2O2. The van der Waals surface area contributed by atoms with E-state index in [1.165, 1.54) is 0 Å². The fourth-order valence-electron chi connectivity index (χ4n) is 2.49. The summed E-state index contributed by atoms with van der Waals surface area (Å²) >= 11 is 5.86. The van der Waals surface area contributed by atoms with E-state index in [-0.39, 0.29) is 18.2 Å². The van der Waals surface area contributed by atoms with Crippen LogP contribution in [0.25, 0.3) is 0 Å². The van der Waals surface area contributed by atoms with E-state index in [1.54, 1.807) is 23.1 Å². The van der Waals surface area contributed by atoms with Gasteiger partial charge in [-0.2, -0.15) is 0 Å². The Morgan fingerprint density at radius 2 is 1.86 bits per heavy atom. The van der Waals surface area contributed by atoms with Crippen LogP contribution in [0.2, 0.25) is 5.02 Å². The van der Waals surface area contributed by atoms with Gasteiger partial charge in [0.1, 0.15) is 0 Å². The van der Waals surface area contributed by atoms with Gasteiger partial charge in [-0.25, -0.2) is 0 Å². The largest absolute Gasteiger partial charge is 0.324 e. The minimum Gasteiger partial charge on any atom is -0.324 e. The van der Waals surface area contributed by atoms with E-state index in [2.05, 4.69) is 5.32 Å². The molecule has 5 heteroatoms. The minimum absolute atomic E-state index is 0.0359. The van der Waals surface area contributed by atoms with Crippen molar-refractivity contribution in [2.24, 2.45) is 0 Å². The van der Waals surface area contributed by atoms with Crippen molar-refractivity contribution in [2.75, 3.05) is 16.8 Å². The van der Waals surface area contributed by atoms with Crippen molar-refractivity contribution in [3.63, 3.8) is 0 Å². The highest BCUT2D eigenvalue weighted by Crippen LogP contribution is 2.29. The van der Waals surface area contributed by atoms with E-state index in [0.29, 0.717) is 23.7 Å². The number of carbonyl (C=O) groups excluding carboxylic acids is 2. The van der Waals surface area contributed by atoms with Crippen molar-refractivity contribution in [2.45, 2.75) is 12.8 Å². The molecule has 112 valence electrons. The van der Waals surface area contributed by atoms with Gasteiger partial charge in [0, 0.05) is 18.0 Å². The number of nitrogens with one attached hydrogen (secondary N) is 1. The zero-order valence-corrected chi connectivity index (χ0v) is 12.6. The number of hydrogen-bond acceptors (Lipinski definition) is 2. The summed E-state index contributed by atoms with van der Waals surface area (Å²) in [6.45, 7) is 0.384. The molecule has 1 heterocycles. The molecule has 1 aliphatic heterocycles. The number of amides is 2. The third kappa shape index (κ3) is 3.12. The van der Waals surface area contributed by atoms with Crippen LogP contribution in [0.3, 0.4) is 0 Å². The molecule has 0 saturated heterocycles. The molecule has 0 aromatic heterocycles. The number of halogens is 1. The quantitative estimate of drug-likeness (QED) is 0.925. The zero-order valence-electron chi connectivity index (χ0n) is 11.9. The number of para-hydroxylation sites is 2. The molecular weight excluding hydrogens is 300 g/mol. The Hall–Kier alpha value is -2.33. The van der Waals surface area contributed by atoms with Crippen molar-refractivity contribution < 1.29 is 9.59 Å². The second-order valence-corrected chi connectivity index (χ2v) is 5.60. The van der Waals surface area contributed by atoms with Crippen LogP contribution in [0.4, 0.5) is 11.4 Å². The Labute approximate surface area is 133 Å². The Morgan fingerprint density at radius 1 is 1.14 bits per heavy atom. The summed E-state index contributed by atoms with van der Waals surface area (Å²) in [5, 5.41) is 3.47. The molecule has 0 radical (unpaired) electrons. The highest BCUT2D eigenvalue weighted by molar-refractivity contribution is 6.30. The van der Waals surface area contributed by atoms with E-state index in [1.807, 2.05) is 30.3 Å². The Bertz CT molecular complexity index is 713. The highest BCUT2D eigenvalue weighted by atomic mass is 35.5. The van der Waals surface area contributed by atoms with Gasteiger partial charge in [-0.05, 0) is 29.8 Å². The number of benzene rings is 2. The molecule has 0 spiro atoms. The lowest BCUT2D eigenvalue weighted by atomic mass is 10.1. The molecule has 2 amide bonds. The standard InChI is InChI=1S/C17H15ClN2O2/c18-13-7-5-12(6-8-13)11-17(22)20-10-9-16(21)19-14-3-1-2-4-15(14)20/h1-8H,9-11H2,(H,19,21). The SMILES string of the molecule is O=C1CCN(C(=O)Cc2ccc(Cl)cc2)c2ccccc2N1. The predicted molar refractivity (Wildman–Crippen MR) is 87.2 cm³/mol. The summed E-state index contributed by atoms with van der Waals surface area (Å²) in [6, 6.07) is 14.6. The molecule has 3 rings (SSSR count). The molecule has 0 saturated carbocycles. The predicted octanol–water partition coefficient (Wildman–Crippen LogP) is 3.26. The maximum Gasteiger partial charge on any atom is 0.231 e. The van der Waals surface area contributed by atoms with E-state index < -0.39 is 0 Å². The summed E-state index contributed by atoms with van der Waals surface area (Å²) < 4.78 is 0. The van der Waals surface area contributed by atoms with Gasteiger partial charge in [-0.3, -0.25) is 9.59 Å². The van der Waals surface area contributed by atoms with Crippen LogP contribution in [-0.4, -0.2) is 18.4 Å². The van der Waals surface area contributed by atoms with Crippen molar-refractivity contribution >= 4 is 34.8 Å². The maximum atomic E-state index is 12.6. The lowest BCUT2D eigenvalue weighted by Crippen LogP contribution is -2.33. The van der Waals surface area contributed by atoms with Gasteiger partial charge >= 0.3 is 0 Å². The summed E-state index contributed by atoms with van der Waals surface area (Å²) in [5.41, 5.74) is 2.32. The summed E-state index contributed by atoms with van der Waals surface area (Å²) in [4.78, 5) is 26.0. The normalized spacial score (nSPS) is 14.0. The van der Waals surface area contributed by atoms with Crippen LogP contribution in [0.15, 0.2) is 48.5 Å². The first kappa shape index (κ1) is 14.6. The van der Waals surface area contributed by atoms with Gasteiger partial charge in [-0.1, -0.05) is 35.9 Å². The number of fused-ring (bicyclic) bond motifs is 1. The number of nitrogens with zero attached hydrogens (tertiary/aromatic N) is 1. The molecule has 1 aliphatic rings. The average molecular weight is 315 g/mol. The zero-order chi connectivity index (χ0) is 15.5. The fourth-order valence-corrected chi connectivity index (χ4v) is 2.62. The van der Waals surface area contributed by atoms with Gasteiger partial charge in [0.25, 0.3) is 0 Å². The Morgan fingerprint density at radius 3 is 2.64 bits per heavy atom. The lowest BCUT2D eigenvalue weighted by Gasteiger charge is -2.22. The van der Waals surface area contributed by atoms with Crippen LogP contribution in [0.1, 0.15) is 12.0 Å². The summed E-state index contributed by atoms with van der Waals surface area (Å²) in [7, 11) is 0. The van der Waals surface area contributed by atoms with Gasteiger partial charge in [0.15, 0.2) is 0 Å². The van der Waals surface area contributed by atoms with Crippen LogP contribution < -0.4 is 10.2 Å². The molecule has 2 aromatic carbocycles. The molecule has 2 aromatic rings. The van der Waals surface area contributed by atoms with Crippen LogP contribution >= 0.6 is 11.6 Å². The third-order valence-electron chi connectivity index (χ3n) is 3.60. The first-order chi connectivity index (χ1) is 10.6. The van der Waals surface area contributed by atoms with E-state index >= 15 is 0 Å². The topological polar surface area (TPSA) is 49.4 Å². The summed E-state index contributed by atoms with van der Waals surface area (Å²) in [5.74, 6) is -0.111. The van der Waals surface area contributed by atoms with E-state index in [0.717, 1.165) is 11.3 Å². The average Bonchev–Trinajstić information content (AvgIpc) is 2.68. The second kappa shape index (κ2) is 6.20. The minimum atomic E-state index is -0.0748. The second-order valence-electron chi connectivity index (χ2n) is 5.16. The molecule has 0 unspecified atom stereocenters. The van der Waals surface area contributed by atoms with E-state index in [4.69, 9.17) is 11.6 Å².